The van der Waals surface area contributed by atoms with Crippen molar-refractivity contribution < 1.29 is 17.9 Å². The second-order valence-electron chi connectivity index (χ2n) is 4.01. The molecule has 0 spiro atoms. The van der Waals surface area contributed by atoms with Gasteiger partial charge in [-0.25, -0.2) is 8.42 Å². The van der Waals surface area contributed by atoms with Gasteiger partial charge in [0, 0.05) is 11.8 Å². The van der Waals surface area contributed by atoms with Crippen molar-refractivity contribution >= 4 is 16.1 Å². The van der Waals surface area contributed by atoms with Crippen LogP contribution in [0, 0.1) is 0 Å². The molecule has 5 heteroatoms. The number of sulfone groups is 1. The normalized spacial score (nSPS) is 11.0. The first-order valence-corrected chi connectivity index (χ1v) is 7.42. The maximum Gasteiger partial charge on any atom is 0.179 e. The molecule has 98 valence electrons. The van der Waals surface area contributed by atoms with E-state index >= 15 is 0 Å². The second-order valence-corrected chi connectivity index (χ2v) is 6.00. The molecule has 0 atom stereocenters. The van der Waals surface area contributed by atoms with Crippen molar-refractivity contribution in [3.8, 4) is 11.5 Å². The van der Waals surface area contributed by atoms with Gasteiger partial charge in [-0.05, 0) is 30.3 Å². The maximum absolute atomic E-state index is 11.7. The number of carbonyl (C=O) groups excluding carboxylic acids is 1. The van der Waals surface area contributed by atoms with E-state index in [0.29, 0.717) is 17.6 Å². The molecule has 2 rings (SSSR count). The zero-order valence-corrected chi connectivity index (χ0v) is 11.1. The molecule has 0 aliphatic heterocycles. The Bertz CT molecular complexity index is 691. The molecule has 0 radical (unpaired) electrons. The first-order chi connectivity index (χ1) is 9.00. The van der Waals surface area contributed by atoms with Crippen LogP contribution in [0.5, 0.6) is 11.5 Å². The molecule has 0 N–H and O–H groups in total. The zero-order chi connectivity index (χ0) is 13.9. The third-order valence-corrected chi connectivity index (χ3v) is 3.59. The van der Waals surface area contributed by atoms with E-state index in [1.54, 1.807) is 24.3 Å². The molecule has 0 saturated carbocycles. The topological polar surface area (TPSA) is 60.4 Å². The summed E-state index contributed by atoms with van der Waals surface area (Å²) < 4.78 is 29.0. The number of benzene rings is 2. The Labute approximate surface area is 111 Å². The fraction of sp³-hybridized carbons (Fsp3) is 0.0714. The highest BCUT2D eigenvalue weighted by atomic mass is 32.2. The van der Waals surface area contributed by atoms with Crippen LogP contribution >= 0.6 is 0 Å². The van der Waals surface area contributed by atoms with Gasteiger partial charge in [0.15, 0.2) is 9.84 Å². The summed E-state index contributed by atoms with van der Waals surface area (Å²) in [5.74, 6) is 0.741. The highest BCUT2D eigenvalue weighted by molar-refractivity contribution is 7.90. The standard InChI is InChI=1S/C14H12O4S/c1-19(16,17)14-9-11(10-15)7-8-13(14)18-12-5-3-2-4-6-12/h2-10H,1H3. The van der Waals surface area contributed by atoms with Gasteiger partial charge in [-0.15, -0.1) is 0 Å². The molecule has 2 aromatic carbocycles. The van der Waals surface area contributed by atoms with Crippen molar-refractivity contribution in [2.75, 3.05) is 6.26 Å². The molecule has 0 fully saturated rings. The zero-order valence-electron chi connectivity index (χ0n) is 10.2. The third-order valence-electron chi connectivity index (χ3n) is 2.47. The molecular formula is C14H12O4S. The smallest absolute Gasteiger partial charge is 0.179 e. The van der Waals surface area contributed by atoms with Gasteiger partial charge in [-0.1, -0.05) is 18.2 Å². The Hall–Kier alpha value is -2.14. The molecule has 0 aromatic heterocycles. The minimum absolute atomic E-state index is 0.000882. The van der Waals surface area contributed by atoms with Gasteiger partial charge in [0.1, 0.15) is 22.7 Å². The van der Waals surface area contributed by atoms with Crippen molar-refractivity contribution in [2.45, 2.75) is 4.90 Å². The van der Waals surface area contributed by atoms with Gasteiger partial charge < -0.3 is 4.74 Å². The Balaban J connectivity index is 2.48. The second kappa shape index (κ2) is 5.24. The molecule has 0 bridgehead atoms. The monoisotopic (exact) mass is 276 g/mol. The molecule has 0 aliphatic rings. The highest BCUT2D eigenvalue weighted by Crippen LogP contribution is 2.29. The van der Waals surface area contributed by atoms with Crippen molar-refractivity contribution in [2.24, 2.45) is 0 Å². The van der Waals surface area contributed by atoms with Crippen LogP contribution < -0.4 is 4.74 Å². The van der Waals surface area contributed by atoms with Crippen molar-refractivity contribution in [3.63, 3.8) is 0 Å². The number of rotatable bonds is 4. The summed E-state index contributed by atoms with van der Waals surface area (Å²) >= 11 is 0. The summed E-state index contributed by atoms with van der Waals surface area (Å²) in [6, 6.07) is 13.2. The molecular weight excluding hydrogens is 264 g/mol. The molecule has 0 saturated heterocycles. The molecule has 0 aliphatic carbocycles. The molecule has 0 heterocycles. The van der Waals surface area contributed by atoms with E-state index in [9.17, 15) is 13.2 Å². The van der Waals surface area contributed by atoms with Gasteiger partial charge in [0.05, 0.1) is 0 Å². The number of ether oxygens (including phenoxy) is 1. The Kier molecular flexibility index (Phi) is 3.66. The van der Waals surface area contributed by atoms with E-state index < -0.39 is 9.84 Å². The van der Waals surface area contributed by atoms with Crippen molar-refractivity contribution in [1.29, 1.82) is 0 Å². The summed E-state index contributed by atoms with van der Waals surface area (Å²) in [5.41, 5.74) is 0.292. The minimum Gasteiger partial charge on any atom is -0.456 e. The van der Waals surface area contributed by atoms with Crippen LogP contribution in [-0.4, -0.2) is 21.0 Å². The van der Waals surface area contributed by atoms with Crippen molar-refractivity contribution in [3.05, 3.63) is 54.1 Å². The van der Waals surface area contributed by atoms with E-state index in [1.807, 2.05) is 6.07 Å². The van der Waals surface area contributed by atoms with Crippen molar-refractivity contribution in [1.82, 2.24) is 0 Å². The number of carbonyl (C=O) groups is 1. The van der Waals surface area contributed by atoms with Gasteiger partial charge in [-0.3, -0.25) is 4.79 Å². The van der Waals surface area contributed by atoms with Crippen LogP contribution in [0.1, 0.15) is 10.4 Å². The van der Waals surface area contributed by atoms with Gasteiger partial charge >= 0.3 is 0 Å². The lowest BCUT2D eigenvalue weighted by atomic mass is 10.2. The van der Waals surface area contributed by atoms with Crippen LogP contribution in [0.4, 0.5) is 0 Å². The van der Waals surface area contributed by atoms with Gasteiger partial charge in [0.2, 0.25) is 0 Å². The van der Waals surface area contributed by atoms with Crippen LogP contribution in [0.3, 0.4) is 0 Å². The Morgan fingerprint density at radius 3 is 2.32 bits per heavy atom. The number of aldehydes is 1. The van der Waals surface area contributed by atoms with E-state index in [4.69, 9.17) is 4.74 Å². The predicted octanol–water partition coefficient (Wildman–Crippen LogP) is 2.69. The lowest BCUT2D eigenvalue weighted by Crippen LogP contribution is -2.01. The van der Waals surface area contributed by atoms with E-state index in [-0.39, 0.29) is 10.6 Å². The average molecular weight is 276 g/mol. The lowest BCUT2D eigenvalue weighted by molar-refractivity contribution is 0.112. The number of hydrogen-bond acceptors (Lipinski definition) is 4. The number of para-hydroxylation sites is 1. The fourth-order valence-electron chi connectivity index (χ4n) is 1.59. The minimum atomic E-state index is -3.47. The SMILES string of the molecule is CS(=O)(=O)c1cc(C=O)ccc1Oc1ccccc1. The largest absolute Gasteiger partial charge is 0.456 e. The van der Waals surface area contributed by atoms with Crippen LogP contribution in [0.15, 0.2) is 53.4 Å². The predicted molar refractivity (Wildman–Crippen MR) is 71.5 cm³/mol. The van der Waals surface area contributed by atoms with Crippen LogP contribution in [0.2, 0.25) is 0 Å². The average Bonchev–Trinajstić information content (AvgIpc) is 2.39. The van der Waals surface area contributed by atoms with E-state index in [0.717, 1.165) is 6.26 Å². The molecule has 0 amide bonds. The first-order valence-electron chi connectivity index (χ1n) is 5.53. The summed E-state index contributed by atoms with van der Waals surface area (Å²) in [6.07, 6.45) is 1.68. The van der Waals surface area contributed by atoms with E-state index in [1.165, 1.54) is 18.2 Å². The highest BCUT2D eigenvalue weighted by Gasteiger charge is 2.16. The molecule has 0 unspecified atom stereocenters. The van der Waals surface area contributed by atoms with Crippen LogP contribution in [0.25, 0.3) is 0 Å². The summed E-state index contributed by atoms with van der Waals surface area (Å²) in [5, 5.41) is 0. The molecule has 2 aromatic rings. The van der Waals surface area contributed by atoms with E-state index in [2.05, 4.69) is 0 Å². The molecule has 4 nitrogen and oxygen atoms in total. The van der Waals surface area contributed by atoms with Gasteiger partial charge in [0.25, 0.3) is 0 Å². The van der Waals surface area contributed by atoms with Crippen LogP contribution in [-0.2, 0) is 9.84 Å². The first kappa shape index (κ1) is 13.3. The molecule has 19 heavy (non-hydrogen) atoms. The summed E-state index contributed by atoms with van der Waals surface area (Å²) in [4.78, 5) is 10.7. The Morgan fingerprint density at radius 2 is 1.74 bits per heavy atom. The summed E-state index contributed by atoms with van der Waals surface area (Å²) in [6.45, 7) is 0. The third kappa shape index (κ3) is 3.20. The summed E-state index contributed by atoms with van der Waals surface area (Å²) in [7, 11) is -3.47. The Morgan fingerprint density at radius 1 is 1.05 bits per heavy atom. The van der Waals surface area contributed by atoms with Gasteiger partial charge in [-0.2, -0.15) is 0 Å². The fourth-order valence-corrected chi connectivity index (χ4v) is 2.41. The maximum atomic E-state index is 11.7. The lowest BCUT2D eigenvalue weighted by Gasteiger charge is -2.10. The number of hydrogen-bond donors (Lipinski definition) is 0. The quantitative estimate of drug-likeness (QED) is 0.805.